The van der Waals surface area contributed by atoms with Crippen LogP contribution in [-0.4, -0.2) is 50.6 Å². The number of thiophene rings is 1. The molecule has 14 heteroatoms. The first-order valence-corrected chi connectivity index (χ1v) is 13.9. The van der Waals surface area contributed by atoms with E-state index in [2.05, 4.69) is 15.2 Å². The molecular formula is C29H21ClF3N5O4S. The number of ether oxygens (including phenoxy) is 2. The van der Waals surface area contributed by atoms with Gasteiger partial charge in [-0.3, -0.25) is 4.79 Å². The van der Waals surface area contributed by atoms with Crippen LogP contribution in [0.15, 0.2) is 71.8 Å². The number of phenolic OH excluding ortho intramolecular Hbond substituents is 1. The monoisotopic (exact) mass is 627 g/mol. The Morgan fingerprint density at radius 2 is 1.86 bits per heavy atom. The van der Waals surface area contributed by atoms with Crippen molar-refractivity contribution >= 4 is 40.2 Å². The number of benzene rings is 2. The van der Waals surface area contributed by atoms with Crippen molar-refractivity contribution in [1.82, 2.24) is 19.6 Å². The summed E-state index contributed by atoms with van der Waals surface area (Å²) in [7, 11) is 3.00. The van der Waals surface area contributed by atoms with Crippen LogP contribution in [0.1, 0.15) is 39.8 Å². The Morgan fingerprint density at radius 1 is 1.07 bits per heavy atom. The Labute approximate surface area is 251 Å². The highest BCUT2D eigenvalue weighted by Crippen LogP contribution is 2.40. The number of amides is 1. The first-order chi connectivity index (χ1) is 20.6. The van der Waals surface area contributed by atoms with E-state index < -0.39 is 23.8 Å². The van der Waals surface area contributed by atoms with Crippen molar-refractivity contribution < 1.29 is 32.5 Å². The van der Waals surface area contributed by atoms with Gasteiger partial charge in [-0.15, -0.1) is 11.3 Å². The largest absolute Gasteiger partial charge is 0.508 e. The molecule has 1 aliphatic heterocycles. The standard InChI is InChI=1S/C29H21ClF3N5O4S/c1-41-15-7-8-16(23(11-15)42-2)18-12-21(17-5-3-4-6-22(17)39)37(35-18)28(40)20-14-27-34-19(24-9-10-26(30)43-24)13-25(29(31,32)33)38(27)36-20/h3-11,13-14,21,39H,12H2,1-2H3. The van der Waals surface area contributed by atoms with Crippen LogP contribution in [0.2, 0.25) is 4.34 Å². The molecule has 6 rings (SSSR count). The van der Waals surface area contributed by atoms with Gasteiger partial charge < -0.3 is 14.6 Å². The number of carbonyl (C=O) groups is 1. The van der Waals surface area contributed by atoms with E-state index in [1.54, 1.807) is 48.5 Å². The molecule has 0 saturated heterocycles. The lowest BCUT2D eigenvalue weighted by Gasteiger charge is -2.21. The number of phenols is 1. The Morgan fingerprint density at radius 3 is 2.53 bits per heavy atom. The number of fused-ring (bicyclic) bond motifs is 1. The number of para-hydroxylation sites is 1. The van der Waals surface area contributed by atoms with E-state index in [0.717, 1.165) is 22.4 Å². The molecule has 2 aromatic carbocycles. The molecule has 5 aromatic rings. The van der Waals surface area contributed by atoms with Crippen LogP contribution >= 0.6 is 22.9 Å². The van der Waals surface area contributed by atoms with Crippen molar-refractivity contribution in [3.05, 3.63) is 93.6 Å². The van der Waals surface area contributed by atoms with Gasteiger partial charge in [0.2, 0.25) is 0 Å². The normalized spacial score (nSPS) is 15.2. The van der Waals surface area contributed by atoms with Gasteiger partial charge in [-0.25, -0.2) is 14.5 Å². The van der Waals surface area contributed by atoms with E-state index in [0.29, 0.717) is 42.1 Å². The van der Waals surface area contributed by atoms with E-state index in [4.69, 9.17) is 21.1 Å². The van der Waals surface area contributed by atoms with Gasteiger partial charge in [0.15, 0.2) is 17.0 Å². The van der Waals surface area contributed by atoms with Gasteiger partial charge in [0.25, 0.3) is 5.91 Å². The number of hydrazone groups is 1. The molecule has 220 valence electrons. The molecule has 1 N–H and O–H groups in total. The molecule has 0 spiro atoms. The minimum atomic E-state index is -4.80. The van der Waals surface area contributed by atoms with Crippen molar-refractivity contribution in [3.8, 4) is 27.8 Å². The predicted octanol–water partition coefficient (Wildman–Crippen LogP) is 6.84. The maximum absolute atomic E-state index is 14.1. The SMILES string of the molecule is COc1ccc(C2=NN(C(=O)c3cc4nc(-c5ccc(Cl)s5)cc(C(F)(F)F)n4n3)C(c3ccccc3O)C2)c(OC)c1. The fraction of sp³-hybridized carbons (Fsp3) is 0.172. The van der Waals surface area contributed by atoms with E-state index in [9.17, 15) is 23.1 Å². The molecule has 0 aliphatic carbocycles. The zero-order valence-corrected chi connectivity index (χ0v) is 24.0. The molecule has 0 bridgehead atoms. The van der Waals surface area contributed by atoms with Crippen molar-refractivity contribution in [2.24, 2.45) is 5.10 Å². The van der Waals surface area contributed by atoms with Crippen LogP contribution in [0, 0.1) is 0 Å². The van der Waals surface area contributed by atoms with Crippen LogP contribution in [0.4, 0.5) is 13.2 Å². The van der Waals surface area contributed by atoms with Gasteiger partial charge in [0, 0.05) is 29.7 Å². The lowest BCUT2D eigenvalue weighted by Crippen LogP contribution is -2.27. The van der Waals surface area contributed by atoms with Crippen molar-refractivity contribution in [2.75, 3.05) is 14.2 Å². The molecule has 4 heterocycles. The smallest absolute Gasteiger partial charge is 0.433 e. The number of rotatable bonds is 6. The summed E-state index contributed by atoms with van der Waals surface area (Å²) in [6.07, 6.45) is -4.62. The first-order valence-electron chi connectivity index (χ1n) is 12.7. The fourth-order valence-corrected chi connectivity index (χ4v) is 5.89. The molecule has 0 fully saturated rings. The second-order valence-corrected chi connectivity index (χ2v) is 11.2. The van der Waals surface area contributed by atoms with Crippen LogP contribution in [-0.2, 0) is 6.18 Å². The third-order valence-electron chi connectivity index (χ3n) is 6.90. The predicted molar refractivity (Wildman–Crippen MR) is 154 cm³/mol. The van der Waals surface area contributed by atoms with Crippen LogP contribution in [0.25, 0.3) is 16.2 Å². The third-order valence-corrected chi connectivity index (χ3v) is 8.15. The molecule has 3 aromatic heterocycles. The highest BCUT2D eigenvalue weighted by atomic mass is 35.5. The number of aromatic hydroxyl groups is 1. The zero-order valence-electron chi connectivity index (χ0n) is 22.5. The van der Waals surface area contributed by atoms with Gasteiger partial charge in [-0.1, -0.05) is 29.8 Å². The second kappa shape index (κ2) is 10.9. The number of alkyl halides is 3. The summed E-state index contributed by atoms with van der Waals surface area (Å²) in [5.41, 5.74) is -0.136. The van der Waals surface area contributed by atoms with E-state index >= 15 is 0 Å². The fourth-order valence-electron chi connectivity index (χ4n) is 4.89. The first kappa shape index (κ1) is 28.5. The number of hydrogen-bond acceptors (Lipinski definition) is 8. The average Bonchev–Trinajstić information content (AvgIpc) is 3.74. The summed E-state index contributed by atoms with van der Waals surface area (Å²) in [4.78, 5) is 18.7. The maximum atomic E-state index is 14.1. The Kier molecular flexibility index (Phi) is 7.22. The third kappa shape index (κ3) is 5.25. The summed E-state index contributed by atoms with van der Waals surface area (Å²) in [6, 6.07) is 16.0. The maximum Gasteiger partial charge on any atom is 0.433 e. The Balaban J connectivity index is 1.47. The van der Waals surface area contributed by atoms with Crippen LogP contribution < -0.4 is 9.47 Å². The van der Waals surface area contributed by atoms with Gasteiger partial charge in [-0.2, -0.15) is 23.4 Å². The summed E-state index contributed by atoms with van der Waals surface area (Å²) in [5.74, 6) is 0.136. The van der Waals surface area contributed by atoms with Crippen molar-refractivity contribution in [2.45, 2.75) is 18.6 Å². The number of hydrogen-bond donors (Lipinski definition) is 1. The van der Waals surface area contributed by atoms with Gasteiger partial charge in [0.05, 0.1) is 40.9 Å². The lowest BCUT2D eigenvalue weighted by atomic mass is 9.97. The van der Waals surface area contributed by atoms with E-state index in [1.165, 1.54) is 26.4 Å². The summed E-state index contributed by atoms with van der Waals surface area (Å²) in [5, 5.41) is 20.4. The van der Waals surface area contributed by atoms with E-state index in [-0.39, 0.29) is 29.2 Å². The number of aromatic nitrogens is 3. The molecule has 1 atom stereocenters. The van der Waals surface area contributed by atoms with Crippen LogP contribution in [0.5, 0.6) is 17.2 Å². The highest BCUT2D eigenvalue weighted by molar-refractivity contribution is 7.19. The molecule has 1 unspecified atom stereocenters. The van der Waals surface area contributed by atoms with Gasteiger partial charge >= 0.3 is 6.18 Å². The quantitative estimate of drug-likeness (QED) is 0.221. The summed E-state index contributed by atoms with van der Waals surface area (Å²) >= 11 is 7.07. The lowest BCUT2D eigenvalue weighted by molar-refractivity contribution is -0.142. The summed E-state index contributed by atoms with van der Waals surface area (Å²) < 4.78 is 54.2. The second-order valence-electron chi connectivity index (χ2n) is 9.47. The number of nitrogens with zero attached hydrogens (tertiary/aromatic N) is 5. The molecule has 1 amide bonds. The minimum absolute atomic E-state index is 0.0378. The van der Waals surface area contributed by atoms with Gasteiger partial charge in [0.1, 0.15) is 17.2 Å². The van der Waals surface area contributed by atoms with Gasteiger partial charge in [-0.05, 0) is 36.4 Å². The minimum Gasteiger partial charge on any atom is -0.508 e. The highest BCUT2D eigenvalue weighted by Gasteiger charge is 2.39. The van der Waals surface area contributed by atoms with E-state index in [1.807, 2.05) is 0 Å². The topological polar surface area (TPSA) is 102 Å². The molecule has 9 nitrogen and oxygen atoms in total. The zero-order chi connectivity index (χ0) is 30.5. The molecule has 43 heavy (non-hydrogen) atoms. The number of methoxy groups -OCH3 is 2. The Bertz CT molecular complexity index is 1900. The van der Waals surface area contributed by atoms with Crippen molar-refractivity contribution in [1.29, 1.82) is 0 Å². The Hall–Kier alpha value is -4.62. The molecule has 0 radical (unpaired) electrons. The number of carbonyl (C=O) groups excluding carboxylic acids is 1. The molecular weight excluding hydrogens is 607 g/mol. The van der Waals surface area contributed by atoms with Crippen molar-refractivity contribution in [3.63, 3.8) is 0 Å². The van der Waals surface area contributed by atoms with Crippen LogP contribution in [0.3, 0.4) is 0 Å². The summed E-state index contributed by atoms with van der Waals surface area (Å²) in [6.45, 7) is 0. The molecule has 1 aliphatic rings. The molecule has 0 saturated carbocycles. The number of halogens is 4. The average molecular weight is 628 g/mol.